The third-order valence-electron chi connectivity index (χ3n) is 23.3. The number of hydrogen-bond donors (Lipinski definition) is 0. The van der Waals surface area contributed by atoms with Crippen molar-refractivity contribution in [2.45, 2.75) is 25.2 Å². The summed E-state index contributed by atoms with van der Waals surface area (Å²) < 4.78 is 15.1. The predicted octanol–water partition coefficient (Wildman–Crippen LogP) is 34.0. The van der Waals surface area contributed by atoms with Crippen LogP contribution in [0.5, 0.6) is 0 Å². The van der Waals surface area contributed by atoms with E-state index in [4.69, 9.17) is 4.42 Å². The van der Waals surface area contributed by atoms with E-state index in [1.165, 1.54) is 128 Å². The molecule has 4 nitrogen and oxygen atoms in total. The van der Waals surface area contributed by atoms with Gasteiger partial charge in [0.15, 0.2) is 5.58 Å². The molecular weight excluding hydrogens is 1660 g/mol. The Morgan fingerprint density at radius 1 is 0.316 bits per heavy atom. The molecule has 18 aromatic carbocycles. The number of halogens is 3. The van der Waals surface area contributed by atoms with E-state index in [1.54, 1.807) is 0 Å². The Balaban J connectivity index is 0.000000110. The van der Waals surface area contributed by atoms with Crippen LogP contribution in [0.2, 0.25) is 0 Å². The van der Waals surface area contributed by atoms with Crippen LogP contribution in [0.15, 0.2) is 406 Å². The summed E-state index contributed by atoms with van der Waals surface area (Å²) in [6.07, 6.45) is 4.59. The molecule has 0 saturated carbocycles. The number of allylic oxidation sites excluding steroid dienone is 1. The third-order valence-corrected chi connectivity index (χ3v) is 27.0. The molecule has 9 heteroatoms. The van der Waals surface area contributed by atoms with Gasteiger partial charge in [-0.15, -0.1) is 22.7 Å². The number of nitrogens with zero attached hydrogens (tertiary/aromatic N) is 3. The molecule has 0 amide bonds. The van der Waals surface area contributed by atoms with Gasteiger partial charge in [0.1, 0.15) is 5.58 Å². The fourth-order valence-electron chi connectivity index (χ4n) is 17.8. The Kier molecular flexibility index (Phi) is 18.5. The van der Waals surface area contributed by atoms with Crippen molar-refractivity contribution in [3.8, 4) is 22.3 Å². The summed E-state index contributed by atoms with van der Waals surface area (Å²) in [5.74, 6) is 0.313. The van der Waals surface area contributed by atoms with E-state index >= 15 is 0 Å². The number of fused-ring (bicyclic) bond motifs is 17. The second kappa shape index (κ2) is 30.0. The Bertz CT molecular complexity index is 7500. The van der Waals surface area contributed by atoms with E-state index in [0.29, 0.717) is 5.92 Å². The summed E-state index contributed by atoms with van der Waals surface area (Å²) in [6, 6.07) is 138. The Morgan fingerprint density at radius 3 is 1.62 bits per heavy atom. The summed E-state index contributed by atoms with van der Waals surface area (Å²) in [6.45, 7) is 4.71. The number of anilines is 9. The molecule has 0 fully saturated rings. The number of furan rings is 1. The average Bonchev–Trinajstić information content (AvgIpc) is 1.55. The first-order chi connectivity index (χ1) is 57.5. The Hall–Kier alpha value is -12.4. The molecule has 23 rings (SSSR count). The quantitative estimate of drug-likeness (QED) is 0.129. The SMILES string of the molecule is Brc1ccc2c(c1)sc1ccc(N(c3ccccc3)c3ccc4c(c3)C=CC4c3ccccc3)cc12.Brc1ccc2cc(-c3ccc4c(c3)sc3cc(N(c5ccccc5)c5ccc6ccccc6c5)ccc34)ccc2c1.CC1(C)c2ccc3ccccc3c2-c2cc(Br)cc(N(c3ccccc3)c3cccc4c3oc3ccccc34)c21. The van der Waals surface area contributed by atoms with Gasteiger partial charge in [0.25, 0.3) is 0 Å². The van der Waals surface area contributed by atoms with Crippen LogP contribution in [0.4, 0.5) is 51.2 Å². The zero-order chi connectivity index (χ0) is 78.4. The van der Waals surface area contributed by atoms with E-state index in [1.807, 2.05) is 34.8 Å². The zero-order valence-corrected chi connectivity index (χ0v) is 70.2. The molecule has 558 valence electrons. The highest BCUT2D eigenvalue weighted by atomic mass is 79.9. The highest BCUT2D eigenvalue weighted by Gasteiger charge is 2.41. The van der Waals surface area contributed by atoms with Gasteiger partial charge in [-0.3, -0.25) is 0 Å². The first kappa shape index (κ1) is 72.3. The smallest absolute Gasteiger partial charge is 0.159 e. The number of rotatable bonds is 11. The zero-order valence-electron chi connectivity index (χ0n) is 63.8. The lowest BCUT2D eigenvalue weighted by Crippen LogP contribution is -2.20. The standard InChI is InChI=1S/C38H24BrNS.C37H26BrNO.C33H22BrNS/c39-31-15-12-28-20-27(10-11-29(28)21-31)30-14-18-35-36-19-17-34(24-38(36)41-37(35)23-30)40(32-8-2-1-3-9-32)33-16-13-25-6-4-5-7-26(25)22-33;1-37(2)30-20-19-23-11-6-7-14-26(23)34(30)29-21-24(38)22-32(35(29)37)39(25-12-4-3-5-13-25)31-17-10-16-28-27-15-8-9-18-33(27)40-36(28)31;34-24-12-16-30-31-21-27(14-18-32(31)36-33(30)20-24)35(25-9-5-2-6-10-25)26-13-17-29-23(19-26)11-15-28(29)22-7-3-1-4-8-22/h1-24H;3-22H,1-2H3;1-21,28H. The normalized spacial score (nSPS) is 13.1. The van der Waals surface area contributed by atoms with Crippen LogP contribution >= 0.6 is 70.5 Å². The Morgan fingerprint density at radius 2 is 0.838 bits per heavy atom. The summed E-state index contributed by atoms with van der Waals surface area (Å²) >= 11 is 14.8. The maximum absolute atomic E-state index is 6.58. The summed E-state index contributed by atoms with van der Waals surface area (Å²) in [7, 11) is 0. The van der Waals surface area contributed by atoms with Crippen LogP contribution in [-0.2, 0) is 5.41 Å². The van der Waals surface area contributed by atoms with Crippen LogP contribution in [0.3, 0.4) is 0 Å². The molecule has 0 N–H and O–H groups in total. The lowest BCUT2D eigenvalue weighted by molar-refractivity contribution is 0.659. The van der Waals surface area contributed by atoms with Gasteiger partial charge in [-0.25, -0.2) is 0 Å². The van der Waals surface area contributed by atoms with Crippen molar-refractivity contribution in [2.24, 2.45) is 0 Å². The second-order valence-electron chi connectivity index (χ2n) is 30.7. The van der Waals surface area contributed by atoms with Gasteiger partial charge in [0.2, 0.25) is 0 Å². The number of benzene rings is 18. The molecule has 0 aliphatic heterocycles. The highest BCUT2D eigenvalue weighted by Crippen LogP contribution is 2.58. The van der Waals surface area contributed by atoms with Crippen LogP contribution in [-0.4, -0.2) is 0 Å². The molecule has 0 spiro atoms. The number of thiophene rings is 2. The molecule has 21 aromatic rings. The average molecular weight is 1730 g/mol. The lowest BCUT2D eigenvalue weighted by atomic mass is 9.81. The van der Waals surface area contributed by atoms with E-state index in [0.717, 1.165) is 80.9 Å². The fourth-order valence-corrected chi connectivity index (χ4v) is 21.5. The van der Waals surface area contributed by atoms with Crippen molar-refractivity contribution in [3.63, 3.8) is 0 Å². The minimum atomic E-state index is -0.209. The lowest BCUT2D eigenvalue weighted by Gasteiger charge is -2.32. The number of hydrogen-bond acceptors (Lipinski definition) is 6. The maximum atomic E-state index is 6.58. The van der Waals surface area contributed by atoms with Gasteiger partial charge in [-0.2, -0.15) is 0 Å². The molecule has 0 saturated heterocycles. The van der Waals surface area contributed by atoms with Crippen molar-refractivity contribution < 1.29 is 4.42 Å². The summed E-state index contributed by atoms with van der Waals surface area (Å²) in [5.41, 5.74) is 23.5. The fraction of sp³-hybridized carbons (Fsp3) is 0.0370. The molecule has 0 radical (unpaired) electrons. The van der Waals surface area contributed by atoms with Crippen LogP contribution < -0.4 is 14.7 Å². The van der Waals surface area contributed by atoms with E-state index in [9.17, 15) is 0 Å². The molecule has 1 unspecified atom stereocenters. The maximum Gasteiger partial charge on any atom is 0.159 e. The molecule has 3 aromatic heterocycles. The van der Waals surface area contributed by atoms with Gasteiger partial charge in [0.05, 0.1) is 11.4 Å². The van der Waals surface area contributed by atoms with Gasteiger partial charge in [-0.1, -0.05) is 304 Å². The molecule has 3 heterocycles. The Labute approximate surface area is 712 Å². The summed E-state index contributed by atoms with van der Waals surface area (Å²) in [4.78, 5) is 7.10. The van der Waals surface area contributed by atoms with Gasteiger partial charge in [-0.05, 0) is 234 Å². The molecule has 2 aliphatic carbocycles. The monoisotopic (exact) mass is 1730 g/mol. The second-order valence-corrected chi connectivity index (χ2v) is 35.6. The first-order valence-electron chi connectivity index (χ1n) is 39.4. The third kappa shape index (κ3) is 13.2. The van der Waals surface area contributed by atoms with Crippen molar-refractivity contribution in [2.75, 3.05) is 14.7 Å². The minimum Gasteiger partial charge on any atom is -0.454 e. The van der Waals surface area contributed by atoms with Crippen LogP contribution in [0.25, 0.3) is 123 Å². The molecule has 117 heavy (non-hydrogen) atoms. The van der Waals surface area contributed by atoms with Crippen LogP contribution in [0.1, 0.15) is 47.6 Å². The summed E-state index contributed by atoms with van der Waals surface area (Å²) in [5, 5.41) is 15.0. The van der Waals surface area contributed by atoms with E-state index in [-0.39, 0.29) is 5.41 Å². The largest absolute Gasteiger partial charge is 0.454 e. The first-order valence-corrected chi connectivity index (χ1v) is 43.4. The minimum absolute atomic E-state index is 0.209. The topological polar surface area (TPSA) is 22.9 Å². The van der Waals surface area contributed by atoms with Crippen molar-refractivity contribution in [1.82, 2.24) is 0 Å². The van der Waals surface area contributed by atoms with Crippen LogP contribution in [0, 0.1) is 0 Å². The van der Waals surface area contributed by atoms with Crippen molar-refractivity contribution in [3.05, 3.63) is 429 Å². The van der Waals surface area contributed by atoms with E-state index in [2.05, 4.69) is 459 Å². The van der Waals surface area contributed by atoms with E-state index < -0.39 is 0 Å². The molecular formula is C108H72Br3N3OS2. The van der Waals surface area contributed by atoms with Gasteiger partial charge < -0.3 is 19.1 Å². The van der Waals surface area contributed by atoms with Gasteiger partial charge >= 0.3 is 0 Å². The molecule has 2 aliphatic rings. The van der Waals surface area contributed by atoms with Crippen molar-refractivity contribution >= 4 is 222 Å². The highest BCUT2D eigenvalue weighted by molar-refractivity contribution is 9.11. The van der Waals surface area contributed by atoms with Crippen molar-refractivity contribution in [1.29, 1.82) is 0 Å². The van der Waals surface area contributed by atoms with Gasteiger partial charge in [0, 0.05) is 116 Å². The molecule has 0 bridgehead atoms. The number of para-hydroxylation sites is 5. The predicted molar refractivity (Wildman–Crippen MR) is 512 cm³/mol. The molecule has 1 atom stereocenters.